The van der Waals surface area contributed by atoms with Crippen LogP contribution in [0.5, 0.6) is 5.75 Å². The summed E-state index contributed by atoms with van der Waals surface area (Å²) in [5.74, 6) is 0.802. The molecule has 0 heterocycles. The SMILES string of the molecule is C=CC.COCCO.OCCOc1ccccc1. The van der Waals surface area contributed by atoms with Crippen molar-refractivity contribution >= 4 is 0 Å². The van der Waals surface area contributed by atoms with Crippen LogP contribution in [0.4, 0.5) is 0 Å². The molecule has 4 nitrogen and oxygen atoms in total. The van der Waals surface area contributed by atoms with Crippen LogP contribution < -0.4 is 4.74 Å². The Morgan fingerprint density at radius 1 is 1.11 bits per heavy atom. The molecule has 0 aliphatic heterocycles. The zero-order valence-electron chi connectivity index (χ0n) is 11.2. The summed E-state index contributed by atoms with van der Waals surface area (Å²) in [6.45, 7) is 6.25. The Bertz CT molecular complexity index is 247. The second-order valence-electron chi connectivity index (χ2n) is 3.01. The Kier molecular flexibility index (Phi) is 19.0. The van der Waals surface area contributed by atoms with E-state index in [2.05, 4.69) is 11.3 Å². The van der Waals surface area contributed by atoms with E-state index in [0.717, 1.165) is 5.75 Å². The van der Waals surface area contributed by atoms with Crippen molar-refractivity contribution in [2.75, 3.05) is 33.5 Å². The summed E-state index contributed by atoms with van der Waals surface area (Å²) in [5.41, 5.74) is 0. The highest BCUT2D eigenvalue weighted by molar-refractivity contribution is 5.20. The summed E-state index contributed by atoms with van der Waals surface area (Å²) in [6.07, 6.45) is 1.75. The molecule has 0 aromatic heterocycles. The lowest BCUT2D eigenvalue weighted by Gasteiger charge is -2.01. The van der Waals surface area contributed by atoms with Gasteiger partial charge >= 0.3 is 0 Å². The molecule has 0 atom stereocenters. The summed E-state index contributed by atoms with van der Waals surface area (Å²) in [6, 6.07) is 9.43. The summed E-state index contributed by atoms with van der Waals surface area (Å²) in [7, 11) is 1.55. The van der Waals surface area contributed by atoms with Crippen LogP contribution in [0.1, 0.15) is 6.92 Å². The molecule has 0 saturated carbocycles. The van der Waals surface area contributed by atoms with E-state index in [1.165, 1.54) is 0 Å². The smallest absolute Gasteiger partial charge is 0.119 e. The number of rotatable bonds is 5. The average molecular weight is 256 g/mol. The Balaban J connectivity index is 0. The Hall–Kier alpha value is -1.36. The predicted octanol–water partition coefficient (Wildman–Crippen LogP) is 1.88. The summed E-state index contributed by atoms with van der Waals surface area (Å²) in [4.78, 5) is 0. The fourth-order valence-corrected chi connectivity index (χ4v) is 0.772. The maximum Gasteiger partial charge on any atom is 0.119 e. The quantitative estimate of drug-likeness (QED) is 0.790. The van der Waals surface area contributed by atoms with Crippen LogP contribution in [-0.4, -0.2) is 43.8 Å². The summed E-state index contributed by atoms with van der Waals surface area (Å²) >= 11 is 0. The van der Waals surface area contributed by atoms with Crippen molar-refractivity contribution in [3.63, 3.8) is 0 Å². The number of hydrogen-bond acceptors (Lipinski definition) is 4. The van der Waals surface area contributed by atoms with Gasteiger partial charge in [0.15, 0.2) is 0 Å². The lowest BCUT2D eigenvalue weighted by atomic mass is 10.3. The number of allylic oxidation sites excluding steroid dienone is 1. The molecule has 0 aliphatic carbocycles. The van der Waals surface area contributed by atoms with Crippen molar-refractivity contribution < 1.29 is 19.7 Å². The molecule has 0 radical (unpaired) electrons. The first kappa shape index (κ1) is 19.0. The highest BCUT2D eigenvalue weighted by Gasteiger charge is 1.86. The van der Waals surface area contributed by atoms with Gasteiger partial charge in [0.1, 0.15) is 12.4 Å². The minimum atomic E-state index is 0.0644. The standard InChI is InChI=1S/C8H10O2.C3H8O2.C3H6/c9-6-7-10-8-4-2-1-3-5-8;1-5-3-2-4;1-3-2/h1-5,9H,6-7H2;4H,2-3H2,1H3;3H,1H2,2H3. The lowest BCUT2D eigenvalue weighted by Crippen LogP contribution is -2.00. The van der Waals surface area contributed by atoms with Crippen LogP contribution in [0.25, 0.3) is 0 Å². The van der Waals surface area contributed by atoms with Gasteiger partial charge in [-0.2, -0.15) is 0 Å². The molecule has 104 valence electrons. The van der Waals surface area contributed by atoms with E-state index >= 15 is 0 Å². The molecule has 2 N–H and O–H groups in total. The van der Waals surface area contributed by atoms with Crippen molar-refractivity contribution in [1.29, 1.82) is 0 Å². The zero-order valence-corrected chi connectivity index (χ0v) is 11.2. The highest BCUT2D eigenvalue weighted by Crippen LogP contribution is 2.06. The van der Waals surface area contributed by atoms with Crippen LogP contribution in [0, 0.1) is 0 Å². The number of para-hydroxylation sites is 1. The first-order chi connectivity index (χ1) is 8.76. The zero-order chi connectivity index (χ0) is 14.1. The third kappa shape index (κ3) is 17.0. The molecule has 0 saturated heterocycles. The van der Waals surface area contributed by atoms with Crippen LogP contribution in [0.3, 0.4) is 0 Å². The fourth-order valence-electron chi connectivity index (χ4n) is 0.772. The minimum Gasteiger partial charge on any atom is -0.491 e. The molecule has 0 unspecified atom stereocenters. The van der Waals surface area contributed by atoms with E-state index < -0.39 is 0 Å². The van der Waals surface area contributed by atoms with E-state index in [9.17, 15) is 0 Å². The molecule has 0 fully saturated rings. The molecule has 0 aliphatic rings. The molecule has 0 amide bonds. The topological polar surface area (TPSA) is 58.9 Å². The first-order valence-electron chi connectivity index (χ1n) is 5.72. The van der Waals surface area contributed by atoms with Crippen LogP contribution in [-0.2, 0) is 4.74 Å². The van der Waals surface area contributed by atoms with Crippen LogP contribution in [0.15, 0.2) is 43.0 Å². The van der Waals surface area contributed by atoms with E-state index in [1.54, 1.807) is 13.2 Å². The molecular weight excluding hydrogens is 232 g/mol. The monoisotopic (exact) mass is 256 g/mol. The normalized spacial score (nSPS) is 8.22. The number of methoxy groups -OCH3 is 1. The first-order valence-corrected chi connectivity index (χ1v) is 5.72. The van der Waals surface area contributed by atoms with Gasteiger partial charge in [-0.3, -0.25) is 0 Å². The maximum absolute atomic E-state index is 8.40. The van der Waals surface area contributed by atoms with Crippen LogP contribution in [0.2, 0.25) is 0 Å². The molecular formula is C14H24O4. The van der Waals surface area contributed by atoms with Crippen molar-refractivity contribution in [3.8, 4) is 5.75 Å². The van der Waals surface area contributed by atoms with Crippen molar-refractivity contribution in [2.24, 2.45) is 0 Å². The molecule has 1 aromatic carbocycles. The van der Waals surface area contributed by atoms with Gasteiger partial charge in [-0.05, 0) is 19.1 Å². The predicted molar refractivity (Wildman–Crippen MR) is 73.9 cm³/mol. The number of ether oxygens (including phenoxy) is 2. The minimum absolute atomic E-state index is 0.0644. The van der Waals surface area contributed by atoms with Crippen molar-refractivity contribution in [1.82, 2.24) is 0 Å². The average Bonchev–Trinajstić information content (AvgIpc) is 2.40. The highest BCUT2D eigenvalue weighted by atomic mass is 16.5. The second kappa shape index (κ2) is 18.0. The molecule has 4 heteroatoms. The van der Waals surface area contributed by atoms with Gasteiger partial charge < -0.3 is 19.7 Å². The van der Waals surface area contributed by atoms with E-state index in [4.69, 9.17) is 14.9 Å². The molecule has 0 spiro atoms. The maximum atomic E-state index is 8.40. The Morgan fingerprint density at radius 3 is 1.94 bits per heavy atom. The third-order valence-electron chi connectivity index (χ3n) is 1.40. The number of aliphatic hydroxyl groups is 2. The van der Waals surface area contributed by atoms with Gasteiger partial charge in [0.05, 0.1) is 19.8 Å². The van der Waals surface area contributed by atoms with Crippen molar-refractivity contribution in [2.45, 2.75) is 6.92 Å². The molecule has 18 heavy (non-hydrogen) atoms. The summed E-state index contributed by atoms with van der Waals surface area (Å²) in [5, 5.41) is 16.3. The number of hydrogen-bond donors (Lipinski definition) is 2. The van der Waals surface area contributed by atoms with Gasteiger partial charge in [-0.25, -0.2) is 0 Å². The van der Waals surface area contributed by atoms with Gasteiger partial charge in [0.25, 0.3) is 0 Å². The third-order valence-corrected chi connectivity index (χ3v) is 1.40. The van der Waals surface area contributed by atoms with E-state index in [-0.39, 0.29) is 13.2 Å². The fraction of sp³-hybridized carbons (Fsp3) is 0.429. The Morgan fingerprint density at radius 2 is 1.61 bits per heavy atom. The largest absolute Gasteiger partial charge is 0.491 e. The van der Waals surface area contributed by atoms with Gasteiger partial charge in [-0.15, -0.1) is 6.58 Å². The number of aliphatic hydroxyl groups excluding tert-OH is 2. The van der Waals surface area contributed by atoms with Gasteiger partial charge in [0.2, 0.25) is 0 Å². The van der Waals surface area contributed by atoms with Crippen LogP contribution >= 0.6 is 0 Å². The summed E-state index contributed by atoms with van der Waals surface area (Å²) < 4.78 is 9.55. The molecule has 1 aromatic rings. The van der Waals surface area contributed by atoms with Crippen molar-refractivity contribution in [3.05, 3.63) is 43.0 Å². The van der Waals surface area contributed by atoms with Gasteiger partial charge in [-0.1, -0.05) is 24.3 Å². The number of benzene rings is 1. The molecule has 0 bridgehead atoms. The molecule has 1 rings (SSSR count). The Labute approximate surface area is 109 Å². The van der Waals surface area contributed by atoms with Gasteiger partial charge in [0, 0.05) is 7.11 Å². The van der Waals surface area contributed by atoms with E-state index in [0.29, 0.717) is 13.2 Å². The van der Waals surface area contributed by atoms with E-state index in [1.807, 2.05) is 37.3 Å². The second-order valence-corrected chi connectivity index (χ2v) is 3.01. The lowest BCUT2D eigenvalue weighted by molar-refractivity contribution is 0.135.